The van der Waals surface area contributed by atoms with Gasteiger partial charge in [-0.3, -0.25) is 9.35 Å². The van der Waals surface area contributed by atoms with Gasteiger partial charge in [-0.25, -0.2) is 0 Å². The third kappa shape index (κ3) is 18.0. The molecule has 9 heteroatoms. The third-order valence-corrected chi connectivity index (χ3v) is 5.41. The van der Waals surface area contributed by atoms with Crippen molar-refractivity contribution in [2.45, 2.75) is 52.3 Å². The van der Waals surface area contributed by atoms with E-state index in [1.807, 2.05) is 13.8 Å². The van der Waals surface area contributed by atoms with Crippen LogP contribution in [0.25, 0.3) is 0 Å². The van der Waals surface area contributed by atoms with Crippen LogP contribution in [0.5, 0.6) is 0 Å². The van der Waals surface area contributed by atoms with Crippen molar-refractivity contribution >= 4 is 25.9 Å². The first kappa shape index (κ1) is 25.2. The molecule has 1 unspecified atom stereocenters. The number of carbonyl (C=O) groups is 1. The predicted molar refractivity (Wildman–Crippen MR) is 106 cm³/mol. The summed E-state index contributed by atoms with van der Waals surface area (Å²) in [5.41, 5.74) is 0. The maximum absolute atomic E-state index is 11.5. The Bertz CT molecular complexity index is 553. The lowest BCUT2D eigenvalue weighted by atomic mass is 10.1. The molecular formula is C17H32N2O5S2. The third-order valence-electron chi connectivity index (χ3n) is 3.10. The van der Waals surface area contributed by atoms with E-state index < -0.39 is 14.5 Å². The number of hydrogen-bond donors (Lipinski definition) is 3. The molecule has 1 amide bonds. The topological polar surface area (TPSA) is 105 Å². The van der Waals surface area contributed by atoms with Crippen LogP contribution in [0.3, 0.4) is 0 Å². The summed E-state index contributed by atoms with van der Waals surface area (Å²) in [5, 5.41) is 5.26. The van der Waals surface area contributed by atoms with Crippen LogP contribution in [0.4, 0.5) is 0 Å². The minimum atomic E-state index is -4.11. The number of rotatable bonds is 13. The largest absolute Gasteiger partial charge is 0.370 e. The van der Waals surface area contributed by atoms with Crippen LogP contribution >= 0.6 is 10.8 Å². The van der Waals surface area contributed by atoms with E-state index in [4.69, 9.17) is 9.29 Å². The van der Waals surface area contributed by atoms with Gasteiger partial charge in [-0.05, 0) is 12.3 Å². The Morgan fingerprint density at radius 2 is 1.92 bits per heavy atom. The highest BCUT2D eigenvalue weighted by molar-refractivity contribution is 8.70. The molecule has 0 saturated heterocycles. The zero-order valence-electron chi connectivity index (χ0n) is 16.1. The summed E-state index contributed by atoms with van der Waals surface area (Å²) >= 11 is 0. The van der Waals surface area contributed by atoms with Gasteiger partial charge in [0, 0.05) is 23.3 Å². The number of hydrogen-bond acceptors (Lipinski definition) is 6. The summed E-state index contributed by atoms with van der Waals surface area (Å²) in [6.07, 6.45) is 2.47. The van der Waals surface area contributed by atoms with Crippen molar-refractivity contribution in [3.63, 3.8) is 0 Å². The van der Waals surface area contributed by atoms with Crippen LogP contribution in [0.2, 0.25) is 0 Å². The second kappa shape index (κ2) is 14.3. The van der Waals surface area contributed by atoms with Gasteiger partial charge in [-0.1, -0.05) is 52.4 Å². The molecule has 0 aromatic heterocycles. The van der Waals surface area contributed by atoms with Crippen LogP contribution in [0.15, 0.2) is 0 Å². The minimum Gasteiger partial charge on any atom is -0.370 e. The molecule has 0 aliphatic heterocycles. The fraction of sp³-hybridized carbons (Fsp3) is 0.824. The first-order chi connectivity index (χ1) is 12.1. The van der Waals surface area contributed by atoms with Crippen molar-refractivity contribution < 1.29 is 22.5 Å². The lowest BCUT2D eigenvalue weighted by molar-refractivity contribution is -0.125. The van der Waals surface area contributed by atoms with Gasteiger partial charge in [0.25, 0.3) is 0 Å². The van der Waals surface area contributed by atoms with E-state index in [0.717, 1.165) is 12.8 Å². The Kier molecular flexibility index (Phi) is 13.9. The highest BCUT2D eigenvalue weighted by atomic mass is 33.1. The standard InChI is InChI=1S/C17H32N2O5S2/c1-14(2)7-5-9-17(25-26(21,22)23)19-11-12-24-13-16(20)18-10-6-8-15(3)4/h14-15,17,19H,5,7,9-13H2,1-4H3,(H,18,20)(H,21,22,23). The van der Waals surface area contributed by atoms with Gasteiger partial charge < -0.3 is 15.4 Å². The van der Waals surface area contributed by atoms with Crippen LogP contribution in [0, 0.1) is 23.7 Å². The summed E-state index contributed by atoms with van der Waals surface area (Å²) in [6.45, 7) is 9.02. The van der Waals surface area contributed by atoms with Crippen molar-refractivity contribution in [2.75, 3.05) is 26.3 Å². The van der Waals surface area contributed by atoms with Gasteiger partial charge in [-0.15, -0.1) is 0 Å². The molecule has 0 aliphatic carbocycles. The first-order valence-corrected chi connectivity index (χ1v) is 11.7. The molecule has 0 bridgehead atoms. The second-order valence-electron chi connectivity index (χ2n) is 6.60. The molecule has 0 fully saturated rings. The molecule has 0 saturated carbocycles. The number of nitrogens with one attached hydrogen (secondary N) is 2. The van der Waals surface area contributed by atoms with Crippen molar-refractivity contribution in [1.82, 2.24) is 10.6 Å². The molecule has 0 aliphatic rings. The minimum absolute atomic E-state index is 0.0749. The molecule has 152 valence electrons. The summed E-state index contributed by atoms with van der Waals surface area (Å²) in [7, 11) is -3.61. The fourth-order valence-electron chi connectivity index (χ4n) is 1.95. The van der Waals surface area contributed by atoms with Crippen molar-refractivity contribution in [2.24, 2.45) is 11.8 Å². The fourth-order valence-corrected chi connectivity index (χ4v) is 4.06. The Balaban J connectivity index is 3.99. The summed E-state index contributed by atoms with van der Waals surface area (Å²) in [4.78, 5) is 11.5. The molecule has 0 radical (unpaired) electrons. The maximum Gasteiger partial charge on any atom is 0.321 e. The molecule has 1 atom stereocenters. The van der Waals surface area contributed by atoms with Crippen LogP contribution in [0.1, 0.15) is 47.0 Å². The zero-order chi connectivity index (χ0) is 20.0. The molecule has 0 spiro atoms. The van der Waals surface area contributed by atoms with E-state index in [-0.39, 0.29) is 25.0 Å². The molecule has 0 heterocycles. The highest BCUT2D eigenvalue weighted by Gasteiger charge is 2.17. The SMILES string of the molecule is CC(C)C#CCNC(=O)COCCNC(CCCC(C)C)SS(=O)(=O)O. The summed E-state index contributed by atoms with van der Waals surface area (Å²) in [5.74, 6) is 6.35. The zero-order valence-corrected chi connectivity index (χ0v) is 17.7. The molecular weight excluding hydrogens is 376 g/mol. The lowest BCUT2D eigenvalue weighted by Gasteiger charge is -2.17. The second-order valence-corrected chi connectivity index (χ2v) is 10.1. The Labute approximate surface area is 161 Å². The Hall–Kier alpha value is -0.790. The summed E-state index contributed by atoms with van der Waals surface area (Å²) in [6, 6.07) is 0. The van der Waals surface area contributed by atoms with Gasteiger partial charge in [-0.2, -0.15) is 8.42 Å². The van der Waals surface area contributed by atoms with Gasteiger partial charge >= 0.3 is 9.15 Å². The Morgan fingerprint density at radius 3 is 2.50 bits per heavy atom. The molecule has 0 aromatic rings. The highest BCUT2D eigenvalue weighted by Crippen LogP contribution is 2.21. The molecule has 7 nitrogen and oxygen atoms in total. The average molecular weight is 409 g/mol. The van der Waals surface area contributed by atoms with Crippen molar-refractivity contribution in [3.8, 4) is 11.8 Å². The van der Waals surface area contributed by atoms with Gasteiger partial charge in [0.05, 0.1) is 18.5 Å². The number of carbonyl (C=O) groups excluding carboxylic acids is 1. The van der Waals surface area contributed by atoms with E-state index in [1.165, 1.54) is 0 Å². The molecule has 0 rings (SSSR count). The van der Waals surface area contributed by atoms with E-state index in [0.29, 0.717) is 36.2 Å². The Morgan fingerprint density at radius 1 is 1.23 bits per heavy atom. The maximum atomic E-state index is 11.5. The summed E-state index contributed by atoms with van der Waals surface area (Å²) < 4.78 is 36.4. The number of ether oxygens (including phenoxy) is 1. The molecule has 26 heavy (non-hydrogen) atoms. The first-order valence-electron chi connectivity index (χ1n) is 8.82. The monoisotopic (exact) mass is 408 g/mol. The number of amides is 1. The van der Waals surface area contributed by atoms with Gasteiger partial charge in [0.2, 0.25) is 5.91 Å². The van der Waals surface area contributed by atoms with E-state index in [1.54, 1.807) is 0 Å². The molecule has 3 N–H and O–H groups in total. The average Bonchev–Trinajstić information content (AvgIpc) is 2.49. The smallest absolute Gasteiger partial charge is 0.321 e. The van der Waals surface area contributed by atoms with Crippen LogP contribution < -0.4 is 10.6 Å². The van der Waals surface area contributed by atoms with Crippen LogP contribution in [-0.4, -0.2) is 50.6 Å². The van der Waals surface area contributed by atoms with Gasteiger partial charge in [0.15, 0.2) is 0 Å². The van der Waals surface area contributed by atoms with E-state index in [2.05, 4.69) is 36.3 Å². The normalized spacial score (nSPS) is 12.7. The van der Waals surface area contributed by atoms with E-state index in [9.17, 15) is 13.2 Å². The van der Waals surface area contributed by atoms with Crippen LogP contribution in [-0.2, 0) is 18.7 Å². The van der Waals surface area contributed by atoms with Crippen molar-refractivity contribution in [3.05, 3.63) is 0 Å². The van der Waals surface area contributed by atoms with Gasteiger partial charge in [0.1, 0.15) is 6.61 Å². The molecule has 0 aromatic carbocycles. The van der Waals surface area contributed by atoms with E-state index >= 15 is 0 Å². The van der Waals surface area contributed by atoms with Crippen molar-refractivity contribution in [1.29, 1.82) is 0 Å². The lowest BCUT2D eigenvalue weighted by Crippen LogP contribution is -2.32. The predicted octanol–water partition coefficient (Wildman–Crippen LogP) is 2.06. The quantitative estimate of drug-likeness (QED) is 0.141.